The van der Waals surface area contributed by atoms with Crippen molar-refractivity contribution in [1.82, 2.24) is 19.5 Å². The van der Waals surface area contributed by atoms with E-state index in [2.05, 4.69) is 38.7 Å². The smallest absolute Gasteiger partial charge is 0.167 e. The van der Waals surface area contributed by atoms with E-state index < -0.39 is 31.1 Å². The lowest BCUT2D eigenvalue weighted by Crippen LogP contribution is -2.33. The van der Waals surface area contributed by atoms with E-state index in [0.717, 1.165) is 0 Å². The van der Waals surface area contributed by atoms with Gasteiger partial charge in [-0.25, -0.2) is 15.0 Å². The van der Waals surface area contributed by atoms with Crippen LogP contribution in [-0.2, 0) is 4.74 Å². The van der Waals surface area contributed by atoms with Crippen molar-refractivity contribution in [3.05, 3.63) is 25.3 Å². The Labute approximate surface area is 144 Å². The van der Waals surface area contributed by atoms with E-state index in [1.807, 2.05) is 0 Å². The Hall–Kier alpha value is -2.51. The van der Waals surface area contributed by atoms with Crippen molar-refractivity contribution in [3.63, 3.8) is 0 Å². The number of fused-ring (bicyclic) bond motifs is 1. The van der Waals surface area contributed by atoms with Crippen molar-refractivity contribution in [2.75, 3.05) is 18.5 Å². The number of hydrogen-bond acceptors (Lipinski definition) is 8. The molecule has 4 atom stereocenters. The quantitative estimate of drug-likeness (QED) is 0.419. The summed E-state index contributed by atoms with van der Waals surface area (Å²) in [7, 11) is 0. The fourth-order valence-electron chi connectivity index (χ4n) is 2.61. The molecule has 0 unspecified atom stereocenters. The topological polar surface area (TPSA) is 126 Å². The van der Waals surface area contributed by atoms with Crippen molar-refractivity contribution >= 4 is 17.0 Å². The van der Waals surface area contributed by atoms with Gasteiger partial charge in [0.05, 0.1) is 19.5 Å². The number of nitrogens with zero attached hydrogens (tertiary/aromatic N) is 4. The molecule has 0 spiro atoms. The number of allylic oxidation sites excluding steroid dienone is 1. The van der Waals surface area contributed by atoms with E-state index in [9.17, 15) is 15.3 Å². The first-order valence-electron chi connectivity index (χ1n) is 7.77. The van der Waals surface area contributed by atoms with Crippen LogP contribution in [0.5, 0.6) is 0 Å². The molecule has 3 heterocycles. The number of ether oxygens (including phenoxy) is 1. The molecule has 132 valence electrons. The second-order valence-corrected chi connectivity index (χ2v) is 5.48. The van der Waals surface area contributed by atoms with Crippen LogP contribution in [0, 0.1) is 11.8 Å². The highest BCUT2D eigenvalue weighted by Gasteiger charge is 2.43. The molecule has 9 heteroatoms. The largest absolute Gasteiger partial charge is 0.394 e. The van der Waals surface area contributed by atoms with E-state index in [4.69, 9.17) is 4.74 Å². The molecular weight excluding hydrogens is 326 g/mol. The van der Waals surface area contributed by atoms with Gasteiger partial charge < -0.3 is 25.4 Å². The van der Waals surface area contributed by atoms with E-state index in [1.165, 1.54) is 17.2 Å². The highest BCUT2D eigenvalue weighted by atomic mass is 16.6. The minimum absolute atomic E-state index is 0.390. The molecule has 0 aliphatic carbocycles. The van der Waals surface area contributed by atoms with Crippen LogP contribution in [-0.4, -0.2) is 66.3 Å². The van der Waals surface area contributed by atoms with Gasteiger partial charge in [-0.3, -0.25) is 4.57 Å². The molecule has 2 aromatic heterocycles. The average Bonchev–Trinajstić information content (AvgIpc) is 3.17. The van der Waals surface area contributed by atoms with Gasteiger partial charge in [0.25, 0.3) is 0 Å². The summed E-state index contributed by atoms with van der Waals surface area (Å²) in [5, 5.41) is 32.3. The Morgan fingerprint density at radius 1 is 1.28 bits per heavy atom. The second kappa shape index (κ2) is 7.58. The maximum Gasteiger partial charge on any atom is 0.167 e. The highest BCUT2D eigenvalue weighted by molar-refractivity contribution is 5.82. The fraction of sp³-hybridized carbons (Fsp3) is 0.438. The first-order valence-corrected chi connectivity index (χ1v) is 7.77. The van der Waals surface area contributed by atoms with Crippen LogP contribution in [0.25, 0.3) is 11.2 Å². The van der Waals surface area contributed by atoms with Crippen LogP contribution in [0.3, 0.4) is 0 Å². The van der Waals surface area contributed by atoms with Gasteiger partial charge in [0.15, 0.2) is 23.2 Å². The molecule has 9 nitrogen and oxygen atoms in total. The van der Waals surface area contributed by atoms with Gasteiger partial charge in [-0.2, -0.15) is 0 Å². The normalized spacial score (nSPS) is 25.6. The van der Waals surface area contributed by atoms with Gasteiger partial charge in [0, 0.05) is 6.42 Å². The number of imidazole rings is 1. The van der Waals surface area contributed by atoms with Crippen molar-refractivity contribution in [2.45, 2.75) is 31.0 Å². The van der Waals surface area contributed by atoms with Crippen LogP contribution in [0.15, 0.2) is 25.3 Å². The van der Waals surface area contributed by atoms with Gasteiger partial charge in [0.1, 0.15) is 24.6 Å². The minimum atomic E-state index is -1.20. The molecule has 0 aromatic carbocycles. The SMILES string of the molecule is C=CCC#CCNc1ncnc2c1ncn2[C@@H]1O[C@H](CO)[C@@H](O)[C@H]1O. The third-order valence-electron chi connectivity index (χ3n) is 3.87. The zero-order valence-electron chi connectivity index (χ0n) is 13.4. The number of nitrogens with one attached hydrogen (secondary N) is 1. The summed E-state index contributed by atoms with van der Waals surface area (Å²) in [6, 6.07) is 0. The van der Waals surface area contributed by atoms with Crippen molar-refractivity contribution in [3.8, 4) is 11.8 Å². The molecule has 0 amide bonds. The number of hydrogen-bond donors (Lipinski definition) is 4. The van der Waals surface area contributed by atoms with Crippen molar-refractivity contribution < 1.29 is 20.1 Å². The van der Waals surface area contributed by atoms with Crippen molar-refractivity contribution in [2.24, 2.45) is 0 Å². The Balaban J connectivity index is 1.84. The molecule has 1 fully saturated rings. The summed E-state index contributed by atoms with van der Waals surface area (Å²) in [4.78, 5) is 12.6. The Morgan fingerprint density at radius 3 is 2.84 bits per heavy atom. The maximum absolute atomic E-state index is 10.2. The van der Waals surface area contributed by atoms with Gasteiger partial charge >= 0.3 is 0 Å². The maximum atomic E-state index is 10.2. The summed E-state index contributed by atoms with van der Waals surface area (Å²) in [5.74, 6) is 6.36. The third-order valence-corrected chi connectivity index (χ3v) is 3.87. The molecule has 0 bridgehead atoms. The van der Waals surface area contributed by atoms with E-state index in [-0.39, 0.29) is 0 Å². The Bertz CT molecular complexity index is 812. The number of anilines is 1. The molecule has 1 saturated heterocycles. The van der Waals surface area contributed by atoms with Gasteiger partial charge in [0.2, 0.25) is 0 Å². The summed E-state index contributed by atoms with van der Waals surface area (Å²) in [6.45, 7) is 3.59. The number of aliphatic hydroxyl groups excluding tert-OH is 3. The molecule has 1 aliphatic heterocycles. The van der Waals surface area contributed by atoms with Gasteiger partial charge in [-0.15, -0.1) is 6.58 Å². The summed E-state index contributed by atoms with van der Waals surface area (Å²) >= 11 is 0. The lowest BCUT2D eigenvalue weighted by atomic mass is 10.1. The first-order chi connectivity index (χ1) is 12.2. The molecule has 0 radical (unpaired) electrons. The van der Waals surface area contributed by atoms with Gasteiger partial charge in [-0.1, -0.05) is 17.9 Å². The lowest BCUT2D eigenvalue weighted by Gasteiger charge is -2.16. The van der Waals surface area contributed by atoms with Crippen LogP contribution in [0.4, 0.5) is 5.82 Å². The molecule has 2 aromatic rings. The molecule has 4 N–H and O–H groups in total. The number of rotatable bonds is 5. The average molecular weight is 345 g/mol. The van der Waals surface area contributed by atoms with Crippen LogP contribution in [0.2, 0.25) is 0 Å². The van der Waals surface area contributed by atoms with E-state index >= 15 is 0 Å². The standard InChI is InChI=1S/C16H19N5O4/c1-2-3-4-5-6-17-14-11-15(19-8-18-14)21(9-20-11)16-13(24)12(23)10(7-22)25-16/h2,8-10,12-13,16,22-24H,1,3,6-7H2,(H,17,18,19)/t10-,12-,13-,16-/m1/s1. The minimum Gasteiger partial charge on any atom is -0.394 e. The monoisotopic (exact) mass is 345 g/mol. The number of aliphatic hydroxyl groups is 3. The predicted molar refractivity (Wildman–Crippen MR) is 89.4 cm³/mol. The zero-order valence-corrected chi connectivity index (χ0v) is 13.4. The molecular formula is C16H19N5O4. The third kappa shape index (κ3) is 3.33. The Morgan fingerprint density at radius 2 is 2.12 bits per heavy atom. The highest BCUT2D eigenvalue weighted by Crippen LogP contribution is 2.31. The predicted octanol–water partition coefficient (Wildman–Crippen LogP) is -0.571. The summed E-state index contributed by atoms with van der Waals surface area (Å²) < 4.78 is 7.02. The molecule has 1 aliphatic rings. The van der Waals surface area contributed by atoms with E-state index in [0.29, 0.717) is 29.9 Å². The molecule has 0 saturated carbocycles. The lowest BCUT2D eigenvalue weighted by molar-refractivity contribution is -0.0511. The van der Waals surface area contributed by atoms with E-state index in [1.54, 1.807) is 6.08 Å². The molecule has 3 rings (SSSR count). The number of aromatic nitrogens is 4. The zero-order chi connectivity index (χ0) is 17.8. The fourth-order valence-corrected chi connectivity index (χ4v) is 2.61. The van der Waals surface area contributed by atoms with Crippen LogP contribution >= 0.6 is 0 Å². The van der Waals surface area contributed by atoms with Crippen LogP contribution < -0.4 is 5.32 Å². The summed E-state index contributed by atoms with van der Waals surface area (Å²) in [5.41, 5.74) is 0.928. The van der Waals surface area contributed by atoms with Crippen molar-refractivity contribution in [1.29, 1.82) is 0 Å². The Kier molecular flexibility index (Phi) is 5.25. The summed E-state index contributed by atoms with van der Waals surface area (Å²) in [6.07, 6.45) is 0.997. The van der Waals surface area contributed by atoms with Gasteiger partial charge in [-0.05, 0) is 0 Å². The molecule has 25 heavy (non-hydrogen) atoms. The second-order valence-electron chi connectivity index (χ2n) is 5.48. The van der Waals surface area contributed by atoms with Crippen LogP contribution in [0.1, 0.15) is 12.6 Å². The first kappa shape index (κ1) is 17.3.